The minimum Gasteiger partial charge on any atom is -0.497 e. The topological polar surface area (TPSA) is 24.5 Å². The summed E-state index contributed by atoms with van der Waals surface area (Å²) in [5.41, 5.74) is 1.27. The van der Waals surface area contributed by atoms with Crippen molar-refractivity contribution in [1.82, 2.24) is 5.32 Å². The first-order valence-corrected chi connectivity index (χ1v) is 7.83. The fourth-order valence-electron chi connectivity index (χ4n) is 3.24. The van der Waals surface area contributed by atoms with Gasteiger partial charge in [-0.2, -0.15) is 0 Å². The molecule has 0 bridgehead atoms. The van der Waals surface area contributed by atoms with Crippen molar-refractivity contribution < 1.29 is 4.74 Å². The lowest BCUT2D eigenvalue weighted by atomic mass is 9.99. The monoisotopic (exact) mass is 276 g/mol. The lowest BCUT2D eigenvalue weighted by Gasteiger charge is -2.25. The fourth-order valence-corrected chi connectivity index (χ4v) is 3.24. The summed E-state index contributed by atoms with van der Waals surface area (Å²) in [5.74, 6) is 1.76. The predicted octanol–water partition coefficient (Wildman–Crippen LogP) is 3.30. The van der Waals surface area contributed by atoms with Crippen LogP contribution in [0, 0.1) is 5.92 Å². The molecule has 20 heavy (non-hydrogen) atoms. The van der Waals surface area contributed by atoms with E-state index < -0.39 is 0 Å². The molecule has 1 aliphatic carbocycles. The van der Waals surface area contributed by atoms with E-state index in [1.807, 2.05) is 12.1 Å². The predicted molar refractivity (Wildman–Crippen MR) is 85.7 cm³/mol. The molecule has 0 spiro atoms. The van der Waals surface area contributed by atoms with Gasteiger partial charge in [0.2, 0.25) is 0 Å². The second-order valence-corrected chi connectivity index (χ2v) is 5.76. The third-order valence-electron chi connectivity index (χ3n) is 4.47. The van der Waals surface area contributed by atoms with Gasteiger partial charge in [-0.15, -0.1) is 0 Å². The maximum absolute atomic E-state index is 5.20. The Kier molecular flexibility index (Phi) is 5.72. The molecular weight excluding hydrogens is 248 g/mol. The molecule has 2 unspecified atom stereocenters. The van der Waals surface area contributed by atoms with Gasteiger partial charge in [0.1, 0.15) is 5.75 Å². The van der Waals surface area contributed by atoms with E-state index in [1.54, 1.807) is 7.11 Å². The van der Waals surface area contributed by atoms with Crippen LogP contribution in [0.1, 0.15) is 32.6 Å². The zero-order chi connectivity index (χ0) is 14.4. The lowest BCUT2D eigenvalue weighted by Crippen LogP contribution is -2.34. The molecule has 0 aliphatic heterocycles. The zero-order valence-electron chi connectivity index (χ0n) is 13.1. The molecule has 3 nitrogen and oxygen atoms in total. The number of hydrogen-bond acceptors (Lipinski definition) is 3. The molecule has 1 saturated carbocycles. The number of hydrogen-bond donors (Lipinski definition) is 1. The highest BCUT2D eigenvalue weighted by Crippen LogP contribution is 2.29. The highest BCUT2D eigenvalue weighted by atomic mass is 16.5. The van der Waals surface area contributed by atoms with Gasteiger partial charge in [0.05, 0.1) is 7.11 Å². The second-order valence-electron chi connectivity index (χ2n) is 5.76. The molecule has 2 atom stereocenters. The van der Waals surface area contributed by atoms with Gasteiger partial charge < -0.3 is 15.0 Å². The van der Waals surface area contributed by atoms with E-state index in [1.165, 1.54) is 31.4 Å². The summed E-state index contributed by atoms with van der Waals surface area (Å²) in [6.45, 7) is 4.42. The zero-order valence-corrected chi connectivity index (χ0v) is 13.1. The Labute approximate surface area is 123 Å². The molecule has 0 aromatic heterocycles. The summed E-state index contributed by atoms with van der Waals surface area (Å²) in [7, 11) is 3.89. The van der Waals surface area contributed by atoms with Crippen LogP contribution >= 0.6 is 0 Å². The summed E-state index contributed by atoms with van der Waals surface area (Å²) in [5, 5.41) is 3.64. The Morgan fingerprint density at radius 3 is 2.65 bits per heavy atom. The summed E-state index contributed by atoms with van der Waals surface area (Å²) in [4.78, 5) is 2.35. The van der Waals surface area contributed by atoms with Crippen LogP contribution in [0.5, 0.6) is 5.75 Å². The van der Waals surface area contributed by atoms with Crippen molar-refractivity contribution in [3.8, 4) is 5.75 Å². The molecule has 1 aromatic rings. The minimum atomic E-state index is 0.740. The van der Waals surface area contributed by atoms with E-state index in [0.29, 0.717) is 0 Å². The Balaban J connectivity index is 1.83. The average molecular weight is 276 g/mol. The Bertz CT molecular complexity index is 390. The van der Waals surface area contributed by atoms with Gasteiger partial charge in [0, 0.05) is 25.3 Å². The molecule has 1 aliphatic rings. The highest BCUT2D eigenvalue weighted by molar-refractivity contribution is 5.48. The smallest absolute Gasteiger partial charge is 0.119 e. The van der Waals surface area contributed by atoms with Crippen molar-refractivity contribution in [2.24, 2.45) is 5.92 Å². The number of nitrogens with zero attached hydrogens (tertiary/aromatic N) is 1. The normalized spacial score (nSPS) is 21.9. The van der Waals surface area contributed by atoms with Crippen LogP contribution in [0.15, 0.2) is 24.3 Å². The molecule has 2 rings (SSSR count). The second kappa shape index (κ2) is 7.53. The summed E-state index contributed by atoms with van der Waals surface area (Å²) >= 11 is 0. The van der Waals surface area contributed by atoms with Crippen molar-refractivity contribution >= 4 is 5.69 Å². The van der Waals surface area contributed by atoms with Crippen molar-refractivity contribution in [3.63, 3.8) is 0 Å². The first kappa shape index (κ1) is 15.2. The van der Waals surface area contributed by atoms with Gasteiger partial charge in [0.15, 0.2) is 0 Å². The maximum atomic E-state index is 5.20. The Hall–Kier alpha value is -1.22. The van der Waals surface area contributed by atoms with Gasteiger partial charge in [-0.05, 0) is 56.0 Å². The number of methoxy groups -OCH3 is 1. The maximum Gasteiger partial charge on any atom is 0.119 e. The SMILES string of the molecule is CCNC1CCCC1CCN(C)c1ccc(OC)cc1. The van der Waals surface area contributed by atoms with Crippen LogP contribution in [0.25, 0.3) is 0 Å². The minimum absolute atomic E-state index is 0.740. The van der Waals surface area contributed by atoms with Crippen molar-refractivity contribution in [2.45, 2.75) is 38.6 Å². The van der Waals surface area contributed by atoms with Crippen LogP contribution in [0.4, 0.5) is 5.69 Å². The number of nitrogens with one attached hydrogen (secondary N) is 1. The van der Waals surface area contributed by atoms with E-state index in [9.17, 15) is 0 Å². The number of ether oxygens (including phenoxy) is 1. The van der Waals surface area contributed by atoms with Crippen LogP contribution in [-0.2, 0) is 0 Å². The summed E-state index contributed by atoms with van der Waals surface area (Å²) in [6, 6.07) is 9.07. The third kappa shape index (κ3) is 3.89. The molecular formula is C17H28N2O. The largest absolute Gasteiger partial charge is 0.497 e. The molecule has 0 saturated heterocycles. The van der Waals surface area contributed by atoms with Gasteiger partial charge in [-0.3, -0.25) is 0 Å². The lowest BCUT2D eigenvalue weighted by molar-refractivity contribution is 0.388. The van der Waals surface area contributed by atoms with Crippen molar-refractivity contribution in [1.29, 1.82) is 0 Å². The van der Waals surface area contributed by atoms with Crippen molar-refractivity contribution in [3.05, 3.63) is 24.3 Å². The van der Waals surface area contributed by atoms with Crippen molar-refractivity contribution in [2.75, 3.05) is 32.1 Å². The number of anilines is 1. The molecule has 1 aromatic carbocycles. The van der Waals surface area contributed by atoms with E-state index in [4.69, 9.17) is 4.74 Å². The molecule has 1 N–H and O–H groups in total. The molecule has 3 heteroatoms. The quantitative estimate of drug-likeness (QED) is 0.827. The van der Waals surface area contributed by atoms with E-state index in [-0.39, 0.29) is 0 Å². The molecule has 1 fully saturated rings. The van der Waals surface area contributed by atoms with E-state index in [0.717, 1.165) is 30.8 Å². The summed E-state index contributed by atoms with van der Waals surface area (Å²) in [6.07, 6.45) is 5.40. The third-order valence-corrected chi connectivity index (χ3v) is 4.47. The van der Waals surface area contributed by atoms with Crippen LogP contribution in [-0.4, -0.2) is 33.3 Å². The number of benzene rings is 1. The van der Waals surface area contributed by atoms with Gasteiger partial charge in [-0.1, -0.05) is 13.3 Å². The Morgan fingerprint density at radius 2 is 2.00 bits per heavy atom. The van der Waals surface area contributed by atoms with Gasteiger partial charge in [-0.25, -0.2) is 0 Å². The molecule has 0 radical (unpaired) electrons. The first-order chi connectivity index (χ1) is 9.74. The fraction of sp³-hybridized carbons (Fsp3) is 0.647. The number of rotatable bonds is 7. The van der Waals surface area contributed by atoms with Crippen LogP contribution in [0.3, 0.4) is 0 Å². The van der Waals surface area contributed by atoms with Crippen LogP contribution in [0.2, 0.25) is 0 Å². The van der Waals surface area contributed by atoms with Crippen LogP contribution < -0.4 is 15.0 Å². The molecule has 0 amide bonds. The average Bonchev–Trinajstić information content (AvgIpc) is 2.92. The van der Waals surface area contributed by atoms with Gasteiger partial charge >= 0.3 is 0 Å². The standard InChI is InChI=1S/C17H28N2O/c1-4-18-17-7-5-6-14(17)12-13-19(2)15-8-10-16(20-3)11-9-15/h8-11,14,17-18H,4-7,12-13H2,1-3H3. The van der Waals surface area contributed by atoms with E-state index >= 15 is 0 Å². The first-order valence-electron chi connectivity index (χ1n) is 7.83. The molecule has 112 valence electrons. The highest BCUT2D eigenvalue weighted by Gasteiger charge is 2.26. The Morgan fingerprint density at radius 1 is 1.25 bits per heavy atom. The summed E-state index contributed by atoms with van der Waals surface area (Å²) < 4.78 is 5.20. The van der Waals surface area contributed by atoms with E-state index in [2.05, 4.69) is 36.3 Å². The van der Waals surface area contributed by atoms with Gasteiger partial charge in [0.25, 0.3) is 0 Å². The molecule has 0 heterocycles.